The molecule has 1 fully saturated rings. The minimum absolute atomic E-state index is 0.0657. The maximum absolute atomic E-state index is 12.4. The third-order valence-electron chi connectivity index (χ3n) is 4.72. The summed E-state index contributed by atoms with van der Waals surface area (Å²) in [5, 5.41) is 6.02. The van der Waals surface area contributed by atoms with Crippen LogP contribution in [0.1, 0.15) is 46.0 Å². The summed E-state index contributed by atoms with van der Waals surface area (Å²) in [6, 6.07) is 0. The molecule has 0 unspecified atom stereocenters. The number of carbonyl (C=O) groups is 2. The van der Waals surface area contributed by atoms with Gasteiger partial charge in [-0.2, -0.15) is 0 Å². The van der Waals surface area contributed by atoms with Crippen molar-refractivity contribution in [2.45, 2.75) is 46.0 Å². The average molecular weight is 292 g/mol. The third kappa shape index (κ3) is 3.66. The molecule has 0 spiro atoms. The van der Waals surface area contributed by atoms with Crippen molar-refractivity contribution >= 4 is 11.8 Å². The summed E-state index contributed by atoms with van der Waals surface area (Å²) in [6.07, 6.45) is 9.34. The highest BCUT2D eigenvalue weighted by Gasteiger charge is 2.51. The Morgan fingerprint density at radius 2 is 1.33 bits per heavy atom. The Morgan fingerprint density at radius 1 is 0.905 bits per heavy atom. The summed E-state index contributed by atoms with van der Waals surface area (Å²) >= 11 is 0. The largest absolute Gasteiger partial charge is 0.356 e. The van der Waals surface area contributed by atoms with E-state index in [1.807, 2.05) is 0 Å². The zero-order valence-electron chi connectivity index (χ0n) is 13.2. The topological polar surface area (TPSA) is 58.2 Å². The zero-order chi connectivity index (χ0) is 15.2. The quantitative estimate of drug-likeness (QED) is 0.532. The fourth-order valence-electron chi connectivity index (χ4n) is 3.55. The van der Waals surface area contributed by atoms with Crippen LogP contribution in [0.2, 0.25) is 0 Å². The summed E-state index contributed by atoms with van der Waals surface area (Å²) in [4.78, 5) is 24.9. The van der Waals surface area contributed by atoms with Gasteiger partial charge >= 0.3 is 0 Å². The molecule has 4 nitrogen and oxygen atoms in total. The Kier molecular flexibility index (Phi) is 5.83. The van der Waals surface area contributed by atoms with Gasteiger partial charge in [0.05, 0.1) is 11.8 Å². The van der Waals surface area contributed by atoms with Crippen molar-refractivity contribution in [2.24, 2.45) is 23.7 Å². The van der Waals surface area contributed by atoms with Crippen LogP contribution in [0.4, 0.5) is 0 Å². The van der Waals surface area contributed by atoms with Crippen LogP contribution in [-0.2, 0) is 9.59 Å². The molecule has 0 aromatic carbocycles. The van der Waals surface area contributed by atoms with E-state index in [-0.39, 0.29) is 35.5 Å². The number of nitrogens with one attached hydrogen (secondary N) is 2. The van der Waals surface area contributed by atoms with E-state index in [0.29, 0.717) is 0 Å². The van der Waals surface area contributed by atoms with Crippen molar-refractivity contribution in [3.8, 4) is 0 Å². The lowest BCUT2D eigenvalue weighted by Crippen LogP contribution is -2.44. The summed E-state index contributed by atoms with van der Waals surface area (Å²) in [7, 11) is 0. The molecule has 2 rings (SSSR count). The molecule has 0 saturated heterocycles. The van der Waals surface area contributed by atoms with E-state index in [0.717, 1.165) is 45.2 Å². The normalized spacial score (nSPS) is 29.6. The minimum atomic E-state index is -0.168. The predicted molar refractivity (Wildman–Crippen MR) is 83.6 cm³/mol. The lowest BCUT2D eigenvalue weighted by molar-refractivity contribution is -0.135. The highest BCUT2D eigenvalue weighted by molar-refractivity contribution is 5.89. The molecule has 2 amide bonds. The van der Waals surface area contributed by atoms with Crippen molar-refractivity contribution in [1.29, 1.82) is 0 Å². The van der Waals surface area contributed by atoms with Gasteiger partial charge in [-0.05, 0) is 31.1 Å². The summed E-state index contributed by atoms with van der Waals surface area (Å²) < 4.78 is 0. The van der Waals surface area contributed by atoms with E-state index < -0.39 is 0 Å². The van der Waals surface area contributed by atoms with Crippen LogP contribution in [0.3, 0.4) is 0 Å². The third-order valence-corrected chi connectivity index (χ3v) is 4.72. The number of amides is 2. The van der Waals surface area contributed by atoms with Gasteiger partial charge in [0.1, 0.15) is 0 Å². The van der Waals surface area contributed by atoms with Crippen molar-refractivity contribution in [2.75, 3.05) is 13.1 Å². The van der Waals surface area contributed by atoms with Crippen LogP contribution in [0.15, 0.2) is 12.2 Å². The molecule has 0 aromatic rings. The minimum Gasteiger partial charge on any atom is -0.356 e. The molecular formula is C17H28N2O2. The van der Waals surface area contributed by atoms with E-state index in [4.69, 9.17) is 0 Å². The van der Waals surface area contributed by atoms with Gasteiger partial charge < -0.3 is 10.6 Å². The highest BCUT2D eigenvalue weighted by atomic mass is 16.2. The van der Waals surface area contributed by atoms with Gasteiger partial charge in [-0.1, -0.05) is 38.8 Å². The van der Waals surface area contributed by atoms with Crippen molar-refractivity contribution in [3.05, 3.63) is 12.2 Å². The predicted octanol–water partition coefficient (Wildman–Crippen LogP) is 2.26. The first-order valence-electron chi connectivity index (χ1n) is 8.42. The molecule has 0 aliphatic heterocycles. The average Bonchev–Trinajstić information content (AvgIpc) is 3.08. The smallest absolute Gasteiger partial charge is 0.224 e. The van der Waals surface area contributed by atoms with Gasteiger partial charge in [-0.3, -0.25) is 9.59 Å². The second-order valence-electron chi connectivity index (χ2n) is 6.29. The lowest BCUT2D eigenvalue weighted by Gasteiger charge is -2.26. The number of unbranched alkanes of at least 4 members (excludes halogenated alkanes) is 2. The fourth-order valence-corrected chi connectivity index (χ4v) is 3.55. The van der Waals surface area contributed by atoms with E-state index in [1.54, 1.807) is 0 Å². The van der Waals surface area contributed by atoms with Crippen LogP contribution >= 0.6 is 0 Å². The van der Waals surface area contributed by atoms with Crippen molar-refractivity contribution in [1.82, 2.24) is 10.6 Å². The number of carbonyl (C=O) groups excluding carboxylic acids is 2. The Labute approximate surface area is 127 Å². The molecule has 2 N–H and O–H groups in total. The van der Waals surface area contributed by atoms with Gasteiger partial charge in [0.2, 0.25) is 11.8 Å². The summed E-state index contributed by atoms with van der Waals surface area (Å²) in [6.45, 7) is 5.65. The van der Waals surface area contributed by atoms with Gasteiger partial charge in [0, 0.05) is 13.1 Å². The molecule has 4 heteroatoms. The number of rotatable bonds is 8. The number of hydrogen-bond acceptors (Lipinski definition) is 2. The van der Waals surface area contributed by atoms with Crippen LogP contribution < -0.4 is 10.6 Å². The number of allylic oxidation sites excluding steroid dienone is 2. The SMILES string of the molecule is CCCCNC(=O)[C@@H]1[C@@H](C(=O)NCCCC)[C@H]2C=C[C@@H]1C2. The Hall–Kier alpha value is -1.32. The Bertz CT molecular complexity index is 370. The molecule has 0 heterocycles. The maximum atomic E-state index is 12.4. The lowest BCUT2D eigenvalue weighted by atomic mass is 9.81. The molecular weight excluding hydrogens is 264 g/mol. The molecule has 21 heavy (non-hydrogen) atoms. The zero-order valence-corrected chi connectivity index (χ0v) is 13.2. The van der Waals surface area contributed by atoms with Gasteiger partial charge in [0.15, 0.2) is 0 Å². The standard InChI is InChI=1S/C17H28N2O2/c1-3-5-9-18-16(20)14-12-7-8-13(11-12)15(14)17(21)19-10-6-4-2/h7-8,12-15H,3-6,9-11H2,1-2H3,(H,18,20)(H,19,21)/t12-,13+,14-,15-/m0/s1. The second-order valence-corrected chi connectivity index (χ2v) is 6.29. The van der Waals surface area contributed by atoms with Crippen molar-refractivity contribution in [3.63, 3.8) is 0 Å². The van der Waals surface area contributed by atoms with E-state index in [1.165, 1.54) is 0 Å². The first-order valence-corrected chi connectivity index (χ1v) is 8.42. The molecule has 4 atom stereocenters. The van der Waals surface area contributed by atoms with Gasteiger partial charge in [0.25, 0.3) is 0 Å². The Balaban J connectivity index is 1.95. The van der Waals surface area contributed by atoms with Gasteiger partial charge in [-0.15, -0.1) is 0 Å². The Morgan fingerprint density at radius 3 is 1.71 bits per heavy atom. The second kappa shape index (κ2) is 7.62. The van der Waals surface area contributed by atoms with Crippen LogP contribution in [-0.4, -0.2) is 24.9 Å². The molecule has 2 aliphatic rings. The van der Waals surface area contributed by atoms with Crippen LogP contribution in [0.5, 0.6) is 0 Å². The molecule has 2 bridgehead atoms. The van der Waals surface area contributed by atoms with E-state index in [9.17, 15) is 9.59 Å². The molecule has 1 saturated carbocycles. The molecule has 2 aliphatic carbocycles. The molecule has 118 valence electrons. The van der Waals surface area contributed by atoms with Gasteiger partial charge in [-0.25, -0.2) is 0 Å². The number of hydrogen-bond donors (Lipinski definition) is 2. The molecule has 0 radical (unpaired) electrons. The first-order chi connectivity index (χ1) is 10.2. The summed E-state index contributed by atoms with van der Waals surface area (Å²) in [5.41, 5.74) is 0. The number of fused-ring (bicyclic) bond motifs is 2. The van der Waals surface area contributed by atoms with Crippen LogP contribution in [0, 0.1) is 23.7 Å². The fraction of sp³-hybridized carbons (Fsp3) is 0.765. The first kappa shape index (κ1) is 16.1. The summed E-state index contributed by atoms with van der Waals surface area (Å²) in [5.74, 6) is 0.293. The van der Waals surface area contributed by atoms with E-state index >= 15 is 0 Å². The maximum Gasteiger partial charge on any atom is 0.224 e. The molecule has 0 aromatic heterocycles. The van der Waals surface area contributed by atoms with Crippen LogP contribution in [0.25, 0.3) is 0 Å². The van der Waals surface area contributed by atoms with Crippen molar-refractivity contribution < 1.29 is 9.59 Å². The van der Waals surface area contributed by atoms with E-state index in [2.05, 4.69) is 36.6 Å². The monoisotopic (exact) mass is 292 g/mol. The highest BCUT2D eigenvalue weighted by Crippen LogP contribution is 2.48.